The molecule has 1 N–H and O–H groups in total. The van der Waals surface area contributed by atoms with Gasteiger partial charge in [0.2, 0.25) is 11.8 Å². The molecule has 6 heteroatoms. The second-order valence-electron chi connectivity index (χ2n) is 8.91. The lowest BCUT2D eigenvalue weighted by molar-refractivity contribution is -0.140. The average molecular weight is 436 g/mol. The molecule has 1 aliphatic carbocycles. The lowest BCUT2D eigenvalue weighted by Gasteiger charge is -2.35. The van der Waals surface area contributed by atoms with Crippen LogP contribution in [-0.2, 0) is 9.59 Å². The van der Waals surface area contributed by atoms with Gasteiger partial charge < -0.3 is 15.0 Å². The predicted octanol–water partition coefficient (Wildman–Crippen LogP) is 4.11. The Bertz CT molecular complexity index is 904. The van der Waals surface area contributed by atoms with Crippen molar-refractivity contribution in [2.45, 2.75) is 51.0 Å². The van der Waals surface area contributed by atoms with Crippen LogP contribution in [0.3, 0.4) is 0 Å². The zero-order valence-electron chi connectivity index (χ0n) is 18.8. The van der Waals surface area contributed by atoms with E-state index < -0.39 is 0 Å². The molecule has 2 amide bonds. The molecule has 1 aliphatic heterocycles. The van der Waals surface area contributed by atoms with Crippen LogP contribution in [0.5, 0.6) is 5.75 Å². The van der Waals surface area contributed by atoms with E-state index in [-0.39, 0.29) is 23.8 Å². The molecule has 4 rings (SSSR count). The van der Waals surface area contributed by atoms with Crippen LogP contribution in [0, 0.1) is 11.8 Å². The summed E-state index contributed by atoms with van der Waals surface area (Å²) >= 11 is 0. The number of amides is 2. The fourth-order valence-corrected chi connectivity index (χ4v) is 4.93. The number of benzene rings is 1. The van der Waals surface area contributed by atoms with Crippen molar-refractivity contribution < 1.29 is 14.3 Å². The zero-order chi connectivity index (χ0) is 22.3. The number of methoxy groups -OCH3 is 1. The maximum Gasteiger partial charge on any atom is 0.225 e. The summed E-state index contributed by atoms with van der Waals surface area (Å²) in [6, 6.07) is 13.1. The van der Waals surface area contributed by atoms with Crippen molar-refractivity contribution in [3.05, 3.63) is 59.9 Å². The van der Waals surface area contributed by atoms with Gasteiger partial charge in [0, 0.05) is 31.1 Å². The second-order valence-corrected chi connectivity index (χ2v) is 8.91. The standard InChI is InChI=1S/C26H33N3O3/c1-32-22-11-7-10-21(18-22)24(23-12-5-6-15-27-23)28-25(30)19-13-16-29(17-14-19)26(31)20-8-3-2-4-9-20/h5-7,10-12,15,18-20,24H,2-4,8-9,13-14,16-17H2,1H3,(H,28,30). The van der Waals surface area contributed by atoms with Crippen molar-refractivity contribution in [1.82, 2.24) is 15.2 Å². The third kappa shape index (κ3) is 5.29. The minimum absolute atomic E-state index is 0.0215. The number of nitrogens with one attached hydrogen (secondary N) is 1. The first-order chi connectivity index (χ1) is 15.7. The van der Waals surface area contributed by atoms with Gasteiger partial charge in [-0.05, 0) is 55.5 Å². The topological polar surface area (TPSA) is 71.5 Å². The van der Waals surface area contributed by atoms with Crippen LogP contribution in [-0.4, -0.2) is 41.9 Å². The van der Waals surface area contributed by atoms with E-state index in [1.807, 2.05) is 47.4 Å². The number of carbonyl (C=O) groups is 2. The van der Waals surface area contributed by atoms with Crippen molar-refractivity contribution in [3.8, 4) is 5.75 Å². The van der Waals surface area contributed by atoms with Crippen LogP contribution in [0.15, 0.2) is 48.7 Å². The fraction of sp³-hybridized carbons (Fsp3) is 0.500. The van der Waals surface area contributed by atoms with E-state index in [4.69, 9.17) is 4.74 Å². The largest absolute Gasteiger partial charge is 0.497 e. The number of hydrogen-bond donors (Lipinski definition) is 1. The Balaban J connectivity index is 1.41. The lowest BCUT2D eigenvalue weighted by Crippen LogP contribution is -2.46. The summed E-state index contributed by atoms with van der Waals surface area (Å²) in [6.07, 6.45) is 8.76. The van der Waals surface area contributed by atoms with Crippen LogP contribution in [0.1, 0.15) is 62.2 Å². The smallest absolute Gasteiger partial charge is 0.225 e. The van der Waals surface area contributed by atoms with E-state index in [9.17, 15) is 9.59 Å². The van der Waals surface area contributed by atoms with E-state index in [1.54, 1.807) is 13.3 Å². The number of likely N-dealkylation sites (tertiary alicyclic amines) is 1. The van der Waals surface area contributed by atoms with Crippen molar-refractivity contribution >= 4 is 11.8 Å². The van der Waals surface area contributed by atoms with Gasteiger partial charge in [0.15, 0.2) is 0 Å². The molecule has 170 valence electrons. The first-order valence-corrected chi connectivity index (χ1v) is 11.8. The van der Waals surface area contributed by atoms with Crippen LogP contribution >= 0.6 is 0 Å². The molecule has 1 saturated carbocycles. The fourth-order valence-electron chi connectivity index (χ4n) is 4.93. The van der Waals surface area contributed by atoms with Crippen molar-refractivity contribution in [2.75, 3.05) is 20.2 Å². The number of ether oxygens (including phenoxy) is 1. The highest BCUT2D eigenvalue weighted by molar-refractivity contribution is 5.81. The maximum absolute atomic E-state index is 13.2. The van der Waals surface area contributed by atoms with Gasteiger partial charge in [-0.1, -0.05) is 37.5 Å². The molecular weight excluding hydrogens is 402 g/mol. The Morgan fingerprint density at radius 3 is 2.47 bits per heavy atom. The van der Waals surface area contributed by atoms with E-state index in [2.05, 4.69) is 10.3 Å². The molecule has 1 saturated heterocycles. The quantitative estimate of drug-likeness (QED) is 0.741. The van der Waals surface area contributed by atoms with Gasteiger partial charge in [-0.15, -0.1) is 0 Å². The third-order valence-electron chi connectivity index (χ3n) is 6.83. The van der Waals surface area contributed by atoms with E-state index in [1.165, 1.54) is 6.42 Å². The Kier molecular flexibility index (Phi) is 7.40. The number of rotatable bonds is 6. The minimum atomic E-state index is -0.347. The first-order valence-electron chi connectivity index (χ1n) is 11.8. The molecule has 0 bridgehead atoms. The summed E-state index contributed by atoms with van der Waals surface area (Å²) in [5.74, 6) is 1.16. The van der Waals surface area contributed by atoms with E-state index in [0.29, 0.717) is 31.8 Å². The van der Waals surface area contributed by atoms with E-state index >= 15 is 0 Å². The normalized spacial score (nSPS) is 18.7. The Hall–Kier alpha value is -2.89. The lowest BCUT2D eigenvalue weighted by atomic mass is 9.87. The minimum Gasteiger partial charge on any atom is -0.497 e. The number of carbonyl (C=O) groups excluding carboxylic acids is 2. The second kappa shape index (κ2) is 10.6. The highest BCUT2D eigenvalue weighted by Crippen LogP contribution is 2.29. The summed E-state index contributed by atoms with van der Waals surface area (Å²) < 4.78 is 5.38. The summed E-state index contributed by atoms with van der Waals surface area (Å²) in [5, 5.41) is 3.22. The van der Waals surface area contributed by atoms with E-state index in [0.717, 1.165) is 42.7 Å². The summed E-state index contributed by atoms with van der Waals surface area (Å²) in [6.45, 7) is 1.33. The highest BCUT2D eigenvalue weighted by atomic mass is 16.5. The van der Waals surface area contributed by atoms with Gasteiger partial charge in [-0.25, -0.2) is 0 Å². The molecule has 0 radical (unpaired) electrons. The van der Waals surface area contributed by atoms with Crippen LogP contribution in [0.25, 0.3) is 0 Å². The first kappa shape index (κ1) is 22.3. The third-order valence-corrected chi connectivity index (χ3v) is 6.83. The number of nitrogens with zero attached hydrogens (tertiary/aromatic N) is 2. The van der Waals surface area contributed by atoms with Gasteiger partial charge in [0.05, 0.1) is 18.8 Å². The Labute approximate surface area is 190 Å². The number of piperidine rings is 1. The molecule has 32 heavy (non-hydrogen) atoms. The van der Waals surface area contributed by atoms with Crippen molar-refractivity contribution in [1.29, 1.82) is 0 Å². The number of aromatic nitrogens is 1. The molecule has 0 spiro atoms. The zero-order valence-corrected chi connectivity index (χ0v) is 18.8. The van der Waals surface area contributed by atoms with Crippen LogP contribution in [0.4, 0.5) is 0 Å². The van der Waals surface area contributed by atoms with Gasteiger partial charge in [0.1, 0.15) is 5.75 Å². The monoisotopic (exact) mass is 435 g/mol. The predicted molar refractivity (Wildman–Crippen MR) is 123 cm³/mol. The van der Waals surface area contributed by atoms with Crippen LogP contribution in [0.2, 0.25) is 0 Å². The SMILES string of the molecule is COc1cccc(C(NC(=O)C2CCN(C(=O)C3CCCCC3)CC2)c2ccccn2)c1. The summed E-state index contributed by atoms with van der Waals surface area (Å²) in [7, 11) is 1.63. The van der Waals surface area contributed by atoms with Gasteiger partial charge >= 0.3 is 0 Å². The summed E-state index contributed by atoms with van der Waals surface area (Å²) in [4.78, 5) is 32.5. The molecular formula is C26H33N3O3. The molecule has 6 nitrogen and oxygen atoms in total. The summed E-state index contributed by atoms with van der Waals surface area (Å²) in [5.41, 5.74) is 1.72. The van der Waals surface area contributed by atoms with Crippen molar-refractivity contribution in [2.24, 2.45) is 11.8 Å². The molecule has 1 atom stereocenters. The molecule has 1 unspecified atom stereocenters. The number of hydrogen-bond acceptors (Lipinski definition) is 4. The highest BCUT2D eigenvalue weighted by Gasteiger charge is 2.32. The van der Waals surface area contributed by atoms with Crippen LogP contribution < -0.4 is 10.1 Å². The molecule has 1 aromatic carbocycles. The number of pyridine rings is 1. The Morgan fingerprint density at radius 2 is 1.78 bits per heavy atom. The Morgan fingerprint density at radius 1 is 1.00 bits per heavy atom. The van der Waals surface area contributed by atoms with Gasteiger partial charge in [-0.2, -0.15) is 0 Å². The molecule has 2 aliphatic rings. The average Bonchev–Trinajstić information content (AvgIpc) is 2.88. The molecule has 2 heterocycles. The molecule has 2 fully saturated rings. The molecule has 2 aromatic rings. The maximum atomic E-state index is 13.2. The van der Waals surface area contributed by atoms with Gasteiger partial charge in [0.25, 0.3) is 0 Å². The van der Waals surface area contributed by atoms with Gasteiger partial charge in [-0.3, -0.25) is 14.6 Å². The molecule has 1 aromatic heterocycles. The van der Waals surface area contributed by atoms with Crippen molar-refractivity contribution in [3.63, 3.8) is 0 Å².